The number of benzene rings is 2. The minimum Gasteiger partial charge on any atom is -0.350 e. The lowest BCUT2D eigenvalue weighted by atomic mass is 9.96. The highest BCUT2D eigenvalue weighted by Crippen LogP contribution is 2.20. The van der Waals surface area contributed by atoms with E-state index in [4.69, 9.17) is 11.6 Å². The Kier molecular flexibility index (Phi) is 7.48. The van der Waals surface area contributed by atoms with Crippen molar-refractivity contribution in [2.45, 2.75) is 33.9 Å². The zero-order valence-electron chi connectivity index (χ0n) is 18.8. The summed E-state index contributed by atoms with van der Waals surface area (Å²) in [5.74, 6) is -1.33. The van der Waals surface area contributed by atoms with E-state index in [1.165, 1.54) is 21.7 Å². The van der Waals surface area contributed by atoms with Gasteiger partial charge in [0.1, 0.15) is 18.1 Å². The second-order valence-corrected chi connectivity index (χ2v) is 9.39. The summed E-state index contributed by atoms with van der Waals surface area (Å²) in [6.07, 6.45) is 0.651. The van der Waals surface area contributed by atoms with E-state index < -0.39 is 11.7 Å². The van der Waals surface area contributed by atoms with Gasteiger partial charge in [-0.25, -0.2) is 4.39 Å². The first-order valence-electron chi connectivity index (χ1n) is 10.5. The largest absolute Gasteiger partial charge is 0.350 e. The van der Waals surface area contributed by atoms with Gasteiger partial charge in [-0.1, -0.05) is 62.7 Å². The molecule has 0 bridgehead atoms. The highest BCUT2D eigenvalue weighted by atomic mass is 35.5. The molecule has 0 fully saturated rings. The van der Waals surface area contributed by atoms with E-state index >= 15 is 0 Å². The highest BCUT2D eigenvalue weighted by molar-refractivity contribution is 6.30. The molecule has 0 radical (unpaired) electrons. The molecule has 1 N–H and O–H groups in total. The van der Waals surface area contributed by atoms with Gasteiger partial charge in [0.2, 0.25) is 11.8 Å². The molecule has 174 valence electrons. The van der Waals surface area contributed by atoms with Gasteiger partial charge in [-0.3, -0.25) is 19.1 Å². The number of amides is 2. The van der Waals surface area contributed by atoms with Crippen LogP contribution < -0.4 is 5.32 Å². The highest BCUT2D eigenvalue weighted by Gasteiger charge is 2.24. The molecule has 3 rings (SSSR count). The van der Waals surface area contributed by atoms with Gasteiger partial charge in [0.05, 0.1) is 17.1 Å². The van der Waals surface area contributed by atoms with E-state index in [2.05, 4.69) is 10.4 Å². The number of nitrogens with zero attached hydrogens (tertiary/aromatic N) is 3. The van der Waals surface area contributed by atoms with E-state index in [0.29, 0.717) is 23.7 Å². The molecule has 0 spiro atoms. The van der Waals surface area contributed by atoms with E-state index in [0.717, 1.165) is 0 Å². The maximum Gasteiger partial charge on any atom is 0.244 e. The molecule has 33 heavy (non-hydrogen) atoms. The van der Waals surface area contributed by atoms with Crippen LogP contribution >= 0.6 is 11.6 Å². The van der Waals surface area contributed by atoms with Crippen molar-refractivity contribution >= 4 is 40.6 Å². The Morgan fingerprint density at radius 3 is 2.61 bits per heavy atom. The van der Waals surface area contributed by atoms with Crippen molar-refractivity contribution in [3.63, 3.8) is 0 Å². The van der Waals surface area contributed by atoms with Crippen LogP contribution in [0.1, 0.15) is 36.8 Å². The third kappa shape index (κ3) is 6.16. The summed E-state index contributed by atoms with van der Waals surface area (Å²) in [5, 5.41) is 7.53. The molecule has 2 amide bonds. The number of para-hydroxylation sites is 1. The minimum atomic E-state index is -0.585. The molecule has 7 nitrogen and oxygen atoms in total. The van der Waals surface area contributed by atoms with Gasteiger partial charge in [-0.2, -0.15) is 5.10 Å². The molecule has 0 saturated carbocycles. The van der Waals surface area contributed by atoms with Crippen molar-refractivity contribution in [3.05, 3.63) is 64.6 Å². The fourth-order valence-corrected chi connectivity index (χ4v) is 3.70. The maximum atomic E-state index is 14.1. The van der Waals surface area contributed by atoms with Gasteiger partial charge < -0.3 is 10.2 Å². The van der Waals surface area contributed by atoms with Crippen molar-refractivity contribution in [1.82, 2.24) is 20.0 Å². The molecule has 0 atom stereocenters. The number of halogens is 2. The molecule has 0 unspecified atom stereocenters. The Hall–Kier alpha value is -3.26. The second kappa shape index (κ2) is 10.1. The number of rotatable bonds is 8. The van der Waals surface area contributed by atoms with E-state index in [1.54, 1.807) is 30.3 Å². The average molecular weight is 473 g/mol. The summed E-state index contributed by atoms with van der Waals surface area (Å²) in [6.45, 7) is 5.83. The fourth-order valence-electron chi connectivity index (χ4n) is 3.50. The molecule has 0 aliphatic heterocycles. The third-order valence-electron chi connectivity index (χ3n) is 4.94. The zero-order chi connectivity index (χ0) is 24.2. The van der Waals surface area contributed by atoms with Gasteiger partial charge in [-0.15, -0.1) is 0 Å². The first-order valence-corrected chi connectivity index (χ1v) is 10.8. The van der Waals surface area contributed by atoms with Crippen molar-refractivity contribution in [2.24, 2.45) is 5.41 Å². The molecule has 2 aromatic carbocycles. The van der Waals surface area contributed by atoms with Crippen LogP contribution in [0, 0.1) is 11.2 Å². The number of hydrogen-bond donors (Lipinski definition) is 1. The summed E-state index contributed by atoms with van der Waals surface area (Å²) in [6, 6.07) is 11.7. The Morgan fingerprint density at radius 2 is 1.91 bits per heavy atom. The molecule has 0 aliphatic carbocycles. The maximum absolute atomic E-state index is 14.1. The van der Waals surface area contributed by atoms with E-state index in [-0.39, 0.29) is 47.2 Å². The molecule has 0 aliphatic rings. The quantitative estimate of drug-likeness (QED) is 0.505. The smallest absolute Gasteiger partial charge is 0.244 e. The van der Waals surface area contributed by atoms with Crippen LogP contribution in [-0.4, -0.2) is 45.9 Å². The van der Waals surface area contributed by atoms with Crippen LogP contribution in [0.2, 0.25) is 5.02 Å². The summed E-state index contributed by atoms with van der Waals surface area (Å²) < 4.78 is 15.6. The Bertz CT molecular complexity index is 1190. The number of hydrogen-bond acceptors (Lipinski definition) is 4. The molecular formula is C24H26ClFN4O3. The predicted octanol–water partition coefficient (Wildman–Crippen LogP) is 3.83. The van der Waals surface area contributed by atoms with Crippen LogP contribution in [0.15, 0.2) is 42.5 Å². The predicted molar refractivity (Wildman–Crippen MR) is 124 cm³/mol. The van der Waals surface area contributed by atoms with Gasteiger partial charge in [0.25, 0.3) is 0 Å². The summed E-state index contributed by atoms with van der Waals surface area (Å²) in [7, 11) is 0. The number of aldehydes is 1. The van der Waals surface area contributed by atoms with E-state index in [1.807, 2.05) is 20.8 Å². The first-order chi connectivity index (χ1) is 15.6. The van der Waals surface area contributed by atoms with Crippen LogP contribution in [-0.2, 0) is 22.7 Å². The molecule has 0 saturated heterocycles. The topological polar surface area (TPSA) is 84.3 Å². The standard InChI is InChI=1S/C24H26ClFN4O3/c1-24(2,3)15-29(12-21(32)27-11-16-7-6-9-18(25)23(16)26)22(33)13-30-20-10-5-4-8-17(20)19(14-31)28-30/h4-10,14H,11-13,15H2,1-3H3,(H,27,32). The third-order valence-corrected chi connectivity index (χ3v) is 5.24. The van der Waals surface area contributed by atoms with Crippen LogP contribution in [0.3, 0.4) is 0 Å². The van der Waals surface area contributed by atoms with Crippen molar-refractivity contribution in [3.8, 4) is 0 Å². The lowest BCUT2D eigenvalue weighted by Gasteiger charge is -2.29. The van der Waals surface area contributed by atoms with Gasteiger partial charge in [-0.05, 0) is 17.5 Å². The van der Waals surface area contributed by atoms with Crippen molar-refractivity contribution in [1.29, 1.82) is 0 Å². The van der Waals surface area contributed by atoms with Crippen LogP contribution in [0.5, 0.6) is 0 Å². The summed E-state index contributed by atoms with van der Waals surface area (Å²) in [4.78, 5) is 38.6. The van der Waals surface area contributed by atoms with Crippen molar-refractivity contribution in [2.75, 3.05) is 13.1 Å². The number of nitrogens with one attached hydrogen (secondary N) is 1. The number of aromatic nitrogens is 2. The lowest BCUT2D eigenvalue weighted by Crippen LogP contribution is -2.45. The van der Waals surface area contributed by atoms with E-state index in [9.17, 15) is 18.8 Å². The SMILES string of the molecule is CC(C)(C)CN(CC(=O)NCc1cccc(Cl)c1F)C(=O)Cn1nc(C=O)c2ccccc21. The number of fused-ring (bicyclic) bond motifs is 1. The summed E-state index contributed by atoms with van der Waals surface area (Å²) in [5.41, 5.74) is 0.898. The monoisotopic (exact) mass is 472 g/mol. The number of carbonyl (C=O) groups is 3. The van der Waals surface area contributed by atoms with Crippen LogP contribution in [0.25, 0.3) is 10.9 Å². The Labute approximate surface area is 196 Å². The lowest BCUT2D eigenvalue weighted by molar-refractivity contribution is -0.138. The second-order valence-electron chi connectivity index (χ2n) is 8.98. The average Bonchev–Trinajstić information content (AvgIpc) is 3.11. The number of carbonyl (C=O) groups excluding carboxylic acids is 3. The Morgan fingerprint density at radius 1 is 1.18 bits per heavy atom. The van der Waals surface area contributed by atoms with Crippen LogP contribution in [0.4, 0.5) is 4.39 Å². The zero-order valence-corrected chi connectivity index (χ0v) is 19.5. The fraction of sp³-hybridized carbons (Fsp3) is 0.333. The minimum absolute atomic E-state index is 0.0209. The molecular weight excluding hydrogens is 447 g/mol. The van der Waals surface area contributed by atoms with Gasteiger partial charge >= 0.3 is 0 Å². The first kappa shape index (κ1) is 24.4. The molecule has 9 heteroatoms. The van der Waals surface area contributed by atoms with Gasteiger partial charge in [0.15, 0.2) is 6.29 Å². The van der Waals surface area contributed by atoms with Gasteiger partial charge in [0, 0.05) is 24.0 Å². The normalized spacial score (nSPS) is 11.4. The molecule has 3 aromatic rings. The molecule has 1 aromatic heterocycles. The summed E-state index contributed by atoms with van der Waals surface area (Å²) >= 11 is 5.79. The Balaban J connectivity index is 1.74. The van der Waals surface area contributed by atoms with Crippen molar-refractivity contribution < 1.29 is 18.8 Å². The molecule has 1 heterocycles.